The van der Waals surface area contributed by atoms with Crippen molar-refractivity contribution < 1.29 is 0 Å². The lowest BCUT2D eigenvalue weighted by Crippen LogP contribution is -2.06. The highest BCUT2D eigenvalue weighted by Crippen LogP contribution is 2.39. The largest absolute Gasteiger partial charge is 0.192 e. The van der Waals surface area contributed by atoms with Crippen LogP contribution in [0.3, 0.4) is 0 Å². The lowest BCUT2D eigenvalue weighted by molar-refractivity contribution is 0.449. The molecule has 0 aromatic heterocycles. The van der Waals surface area contributed by atoms with Crippen LogP contribution in [0.4, 0.5) is 0 Å². The van der Waals surface area contributed by atoms with E-state index in [9.17, 15) is 5.26 Å². The van der Waals surface area contributed by atoms with E-state index in [-0.39, 0.29) is 0 Å². The zero-order valence-corrected chi connectivity index (χ0v) is 14.2. The highest BCUT2D eigenvalue weighted by Gasteiger charge is 2.23. The van der Waals surface area contributed by atoms with Crippen molar-refractivity contribution in [2.24, 2.45) is 5.92 Å². The summed E-state index contributed by atoms with van der Waals surface area (Å²) in [5, 5.41) is 9.77. The second-order valence-corrected chi connectivity index (χ2v) is 6.69. The zero-order chi connectivity index (χ0) is 16.2. The van der Waals surface area contributed by atoms with Crippen LogP contribution in [-0.4, -0.2) is 0 Å². The second-order valence-electron chi connectivity index (χ2n) is 6.69. The van der Waals surface area contributed by atoms with E-state index in [1.807, 2.05) is 0 Å². The van der Waals surface area contributed by atoms with Crippen LogP contribution in [0.15, 0.2) is 36.4 Å². The maximum absolute atomic E-state index is 9.77. The fourth-order valence-electron chi connectivity index (χ4n) is 3.82. The van der Waals surface area contributed by atoms with E-state index in [2.05, 4.69) is 56.3 Å². The lowest BCUT2D eigenvalue weighted by Gasteiger charge is -2.17. The fourth-order valence-corrected chi connectivity index (χ4v) is 3.82. The topological polar surface area (TPSA) is 23.8 Å². The van der Waals surface area contributed by atoms with E-state index >= 15 is 0 Å². The van der Waals surface area contributed by atoms with Gasteiger partial charge in [0.05, 0.1) is 11.6 Å². The van der Waals surface area contributed by atoms with E-state index in [4.69, 9.17) is 0 Å². The van der Waals surface area contributed by atoms with E-state index in [1.165, 1.54) is 53.5 Å². The molecule has 0 N–H and O–H groups in total. The maximum atomic E-state index is 9.77. The summed E-state index contributed by atoms with van der Waals surface area (Å²) in [4.78, 5) is 0. The molecule has 1 atom stereocenters. The molecule has 3 rings (SSSR count). The Morgan fingerprint density at radius 2 is 1.91 bits per heavy atom. The fraction of sp³-hybridized carbons (Fsp3) is 0.409. The highest BCUT2D eigenvalue weighted by molar-refractivity contribution is 5.79. The summed E-state index contributed by atoms with van der Waals surface area (Å²) < 4.78 is 0. The predicted molar refractivity (Wildman–Crippen MR) is 96.4 cm³/mol. The van der Waals surface area contributed by atoms with Gasteiger partial charge >= 0.3 is 0 Å². The summed E-state index contributed by atoms with van der Waals surface area (Å²) in [6, 6.07) is 15.5. The van der Waals surface area contributed by atoms with Crippen molar-refractivity contribution in [3.8, 4) is 17.2 Å². The highest BCUT2D eigenvalue weighted by atomic mass is 14.3. The average molecular weight is 303 g/mol. The zero-order valence-electron chi connectivity index (χ0n) is 14.2. The maximum Gasteiger partial charge on any atom is 0.0997 e. The van der Waals surface area contributed by atoms with Crippen molar-refractivity contribution in [1.29, 1.82) is 5.26 Å². The van der Waals surface area contributed by atoms with Crippen molar-refractivity contribution >= 4 is 0 Å². The Balaban J connectivity index is 1.93. The summed E-state index contributed by atoms with van der Waals surface area (Å²) in [6.45, 7) is 4.52. The Labute approximate surface area is 140 Å². The van der Waals surface area contributed by atoms with Crippen LogP contribution < -0.4 is 0 Å². The Bertz CT molecular complexity index is 736. The Morgan fingerprint density at radius 3 is 2.65 bits per heavy atom. The molecule has 0 saturated heterocycles. The number of hydrogen-bond acceptors (Lipinski definition) is 1. The van der Waals surface area contributed by atoms with Crippen LogP contribution in [0.5, 0.6) is 0 Å². The number of rotatable bonds is 6. The van der Waals surface area contributed by atoms with Gasteiger partial charge in [-0.15, -0.1) is 0 Å². The third-order valence-electron chi connectivity index (χ3n) is 5.24. The van der Waals surface area contributed by atoms with Crippen LogP contribution in [0.2, 0.25) is 0 Å². The van der Waals surface area contributed by atoms with Crippen molar-refractivity contribution in [2.45, 2.75) is 52.4 Å². The van der Waals surface area contributed by atoms with Crippen molar-refractivity contribution in [2.75, 3.05) is 0 Å². The first-order chi connectivity index (χ1) is 11.3. The number of fused-ring (bicyclic) bond motifs is 3. The van der Waals surface area contributed by atoms with Gasteiger partial charge in [-0.2, -0.15) is 5.26 Å². The Morgan fingerprint density at radius 1 is 1.09 bits per heavy atom. The van der Waals surface area contributed by atoms with Gasteiger partial charge in [0.15, 0.2) is 0 Å². The van der Waals surface area contributed by atoms with E-state index < -0.39 is 0 Å². The minimum atomic E-state index is 0.698. The molecule has 2 aromatic rings. The molecule has 0 amide bonds. The molecular formula is C22H25N. The molecule has 1 heteroatoms. The van der Waals surface area contributed by atoms with Crippen LogP contribution in [0.1, 0.15) is 61.8 Å². The Kier molecular flexibility index (Phi) is 4.82. The molecule has 0 heterocycles. The number of unbranched alkanes of at least 4 members (excludes halogenated alkanes) is 1. The SMILES string of the molecule is CCCCC(CC)Cc1ccc2c(c1C#N)Cc1ccccc1-2. The van der Waals surface area contributed by atoms with Crippen LogP contribution in [-0.2, 0) is 12.8 Å². The molecular weight excluding hydrogens is 278 g/mol. The molecule has 1 nitrogen and oxygen atoms in total. The first-order valence-electron chi connectivity index (χ1n) is 8.91. The summed E-state index contributed by atoms with van der Waals surface area (Å²) in [5.41, 5.74) is 7.37. The average Bonchev–Trinajstić information content (AvgIpc) is 2.96. The van der Waals surface area contributed by atoms with Crippen LogP contribution in [0, 0.1) is 17.2 Å². The first-order valence-corrected chi connectivity index (χ1v) is 8.91. The van der Waals surface area contributed by atoms with Gasteiger partial charge in [0, 0.05) is 0 Å². The van der Waals surface area contributed by atoms with Gasteiger partial charge in [0.25, 0.3) is 0 Å². The van der Waals surface area contributed by atoms with Crippen molar-refractivity contribution in [3.63, 3.8) is 0 Å². The normalized spacial score (nSPS) is 13.3. The number of benzene rings is 2. The molecule has 2 aromatic carbocycles. The molecule has 1 unspecified atom stereocenters. The molecule has 1 aliphatic carbocycles. The van der Waals surface area contributed by atoms with Gasteiger partial charge < -0.3 is 0 Å². The number of nitriles is 1. The molecule has 0 aliphatic heterocycles. The number of nitrogens with zero attached hydrogens (tertiary/aromatic N) is 1. The van der Waals surface area contributed by atoms with Crippen LogP contribution in [0.25, 0.3) is 11.1 Å². The second kappa shape index (κ2) is 7.01. The summed E-state index contributed by atoms with van der Waals surface area (Å²) in [5.74, 6) is 0.698. The van der Waals surface area contributed by atoms with Gasteiger partial charge in [-0.25, -0.2) is 0 Å². The van der Waals surface area contributed by atoms with Gasteiger partial charge in [-0.1, -0.05) is 75.9 Å². The molecule has 0 saturated carbocycles. The molecule has 118 valence electrons. The summed E-state index contributed by atoms with van der Waals surface area (Å²) in [6.07, 6.45) is 6.96. The quantitative estimate of drug-likeness (QED) is 0.557. The van der Waals surface area contributed by atoms with Gasteiger partial charge in [-0.3, -0.25) is 0 Å². The van der Waals surface area contributed by atoms with Crippen LogP contribution >= 0.6 is 0 Å². The van der Waals surface area contributed by atoms with E-state index in [0.717, 1.165) is 18.4 Å². The summed E-state index contributed by atoms with van der Waals surface area (Å²) in [7, 11) is 0. The third kappa shape index (κ3) is 3.04. The molecule has 0 radical (unpaired) electrons. The van der Waals surface area contributed by atoms with Crippen molar-refractivity contribution in [1.82, 2.24) is 0 Å². The Hall–Kier alpha value is -2.07. The summed E-state index contributed by atoms with van der Waals surface area (Å²) >= 11 is 0. The third-order valence-corrected chi connectivity index (χ3v) is 5.24. The molecule has 23 heavy (non-hydrogen) atoms. The minimum absolute atomic E-state index is 0.698. The minimum Gasteiger partial charge on any atom is -0.192 e. The van der Waals surface area contributed by atoms with E-state index in [0.29, 0.717) is 5.92 Å². The van der Waals surface area contributed by atoms with Crippen molar-refractivity contribution in [3.05, 3.63) is 58.7 Å². The predicted octanol–water partition coefficient (Wildman–Crippen LogP) is 5.89. The smallest absolute Gasteiger partial charge is 0.0997 e. The molecule has 1 aliphatic rings. The first kappa shape index (κ1) is 15.8. The molecule has 0 fully saturated rings. The molecule has 0 spiro atoms. The lowest BCUT2D eigenvalue weighted by atomic mass is 9.87. The van der Waals surface area contributed by atoms with Gasteiger partial charge in [0.1, 0.15) is 0 Å². The number of hydrogen-bond donors (Lipinski definition) is 0. The van der Waals surface area contributed by atoms with Gasteiger partial charge in [-0.05, 0) is 46.6 Å². The monoisotopic (exact) mass is 303 g/mol. The van der Waals surface area contributed by atoms with Gasteiger partial charge in [0.2, 0.25) is 0 Å². The van der Waals surface area contributed by atoms with E-state index in [1.54, 1.807) is 0 Å². The molecule has 0 bridgehead atoms. The standard InChI is InChI=1S/C22H25N/c1-3-5-8-16(4-2)13-18-11-12-20-19-10-7-6-9-17(19)14-21(20)22(18)15-23/h6-7,9-12,16H,3-5,8,13-14H2,1-2H3.